The number of hydrogen-bond acceptors (Lipinski definition) is 5. The molecule has 0 atom stereocenters. The van der Waals surface area contributed by atoms with E-state index in [0.29, 0.717) is 5.56 Å². The van der Waals surface area contributed by atoms with Crippen LogP contribution in [-0.4, -0.2) is 45.7 Å². The molecule has 0 saturated carbocycles. The second kappa shape index (κ2) is 5.80. The van der Waals surface area contributed by atoms with Gasteiger partial charge < -0.3 is 5.11 Å². The molecule has 0 unspecified atom stereocenters. The maximum atomic E-state index is 11.7. The molecule has 0 radical (unpaired) electrons. The minimum atomic E-state index is -3.79. The number of rotatable bonds is 6. The molecule has 0 bridgehead atoms. The third kappa shape index (κ3) is 5.17. The molecule has 0 heterocycles. The Labute approximate surface area is 117 Å². The summed E-state index contributed by atoms with van der Waals surface area (Å²) in [5, 5.41) is 8.86. The minimum Gasteiger partial charge on any atom is -0.478 e. The van der Waals surface area contributed by atoms with Crippen LogP contribution in [0.1, 0.15) is 15.9 Å². The van der Waals surface area contributed by atoms with E-state index in [1.54, 1.807) is 0 Å². The van der Waals surface area contributed by atoms with Gasteiger partial charge in [0, 0.05) is 11.9 Å². The van der Waals surface area contributed by atoms with Gasteiger partial charge in [-0.3, -0.25) is 4.72 Å². The molecule has 0 aliphatic rings. The summed E-state index contributed by atoms with van der Waals surface area (Å²) < 4.78 is 47.5. The number of sulfone groups is 1. The molecular formula is C11H15NO6S2. The van der Waals surface area contributed by atoms with Crippen molar-refractivity contribution in [3.63, 3.8) is 0 Å². The third-order valence-corrected chi connectivity index (χ3v) is 4.95. The highest BCUT2D eigenvalue weighted by Crippen LogP contribution is 2.16. The van der Waals surface area contributed by atoms with Crippen molar-refractivity contribution in [3.8, 4) is 0 Å². The number of aryl methyl sites for hydroxylation is 1. The quantitative estimate of drug-likeness (QED) is 0.787. The van der Waals surface area contributed by atoms with Crippen LogP contribution in [0.3, 0.4) is 0 Å². The smallest absolute Gasteiger partial charge is 0.335 e. The zero-order chi connectivity index (χ0) is 15.6. The Morgan fingerprint density at radius 3 is 2.25 bits per heavy atom. The molecule has 0 fully saturated rings. The van der Waals surface area contributed by atoms with Gasteiger partial charge in [0.25, 0.3) is 0 Å². The molecule has 0 aliphatic carbocycles. The molecular weight excluding hydrogens is 306 g/mol. The first-order valence-corrected chi connectivity index (χ1v) is 9.23. The number of aromatic carboxylic acids is 1. The largest absolute Gasteiger partial charge is 0.478 e. The number of carboxylic acid groups (broad SMARTS) is 1. The normalized spacial score (nSPS) is 12.1. The van der Waals surface area contributed by atoms with Gasteiger partial charge in [0.2, 0.25) is 10.0 Å². The summed E-state index contributed by atoms with van der Waals surface area (Å²) in [7, 11) is -7.17. The van der Waals surface area contributed by atoms with Gasteiger partial charge in [-0.2, -0.15) is 0 Å². The van der Waals surface area contributed by atoms with Gasteiger partial charge in [-0.25, -0.2) is 21.6 Å². The fraction of sp³-hybridized carbons (Fsp3) is 0.364. The highest BCUT2D eigenvalue weighted by molar-refractivity contribution is 7.95. The van der Waals surface area contributed by atoms with Gasteiger partial charge in [0.1, 0.15) is 9.84 Å². The lowest BCUT2D eigenvalue weighted by Crippen LogP contribution is -2.22. The summed E-state index contributed by atoms with van der Waals surface area (Å²) in [5.41, 5.74) is 0.672. The second-order valence-electron chi connectivity index (χ2n) is 4.39. The predicted molar refractivity (Wildman–Crippen MR) is 75.3 cm³/mol. The predicted octanol–water partition coefficient (Wildman–Crippen LogP) is 0.480. The summed E-state index contributed by atoms with van der Waals surface area (Å²) in [6.45, 7) is 1.54. The van der Waals surface area contributed by atoms with Crippen LogP contribution in [0, 0.1) is 6.92 Å². The molecule has 7 nitrogen and oxygen atoms in total. The Hall–Kier alpha value is -1.61. The molecule has 0 amide bonds. The lowest BCUT2D eigenvalue weighted by atomic mass is 10.1. The van der Waals surface area contributed by atoms with Crippen molar-refractivity contribution in [2.75, 3.05) is 22.5 Å². The molecule has 0 aliphatic heterocycles. The summed E-state index contributed by atoms with van der Waals surface area (Å²) in [5.74, 6) is -2.13. The van der Waals surface area contributed by atoms with Gasteiger partial charge in [-0.15, -0.1) is 0 Å². The van der Waals surface area contributed by atoms with Crippen LogP contribution >= 0.6 is 0 Å². The van der Waals surface area contributed by atoms with Crippen LogP contribution in [0.5, 0.6) is 0 Å². The van der Waals surface area contributed by atoms with Gasteiger partial charge in [-0.1, -0.05) is 0 Å². The van der Waals surface area contributed by atoms with E-state index in [1.807, 2.05) is 0 Å². The molecule has 9 heteroatoms. The Morgan fingerprint density at radius 1 is 1.20 bits per heavy atom. The monoisotopic (exact) mass is 321 g/mol. The molecule has 1 rings (SSSR count). The van der Waals surface area contributed by atoms with Gasteiger partial charge >= 0.3 is 5.97 Å². The summed E-state index contributed by atoms with van der Waals surface area (Å²) >= 11 is 0. The zero-order valence-electron chi connectivity index (χ0n) is 11.0. The SMILES string of the molecule is Cc1cc(NS(=O)(=O)CCS(C)(=O)=O)ccc1C(=O)O. The molecule has 0 aromatic heterocycles. The Kier molecular flexibility index (Phi) is 4.77. The number of benzene rings is 1. The van der Waals surface area contributed by atoms with Crippen molar-refractivity contribution >= 4 is 31.5 Å². The second-order valence-corrected chi connectivity index (χ2v) is 8.49. The van der Waals surface area contributed by atoms with E-state index in [1.165, 1.54) is 25.1 Å². The first-order chi connectivity index (χ1) is 9.00. The molecule has 20 heavy (non-hydrogen) atoms. The molecule has 0 saturated heterocycles. The fourth-order valence-electron chi connectivity index (χ4n) is 1.46. The van der Waals surface area contributed by atoms with Crippen LogP contribution in [0.4, 0.5) is 5.69 Å². The van der Waals surface area contributed by atoms with Crippen molar-refractivity contribution < 1.29 is 26.7 Å². The van der Waals surface area contributed by atoms with Crippen LogP contribution in [-0.2, 0) is 19.9 Å². The number of nitrogens with one attached hydrogen (secondary N) is 1. The van der Waals surface area contributed by atoms with Crippen LogP contribution in [0.2, 0.25) is 0 Å². The fourth-order valence-corrected chi connectivity index (χ4v) is 4.14. The van der Waals surface area contributed by atoms with E-state index in [0.717, 1.165) is 6.26 Å². The summed E-state index contributed by atoms with van der Waals surface area (Å²) in [6.07, 6.45) is 0.953. The number of anilines is 1. The van der Waals surface area contributed by atoms with E-state index in [4.69, 9.17) is 5.11 Å². The number of carboxylic acids is 1. The lowest BCUT2D eigenvalue weighted by Gasteiger charge is -2.09. The first-order valence-electron chi connectivity index (χ1n) is 5.52. The number of hydrogen-bond donors (Lipinski definition) is 2. The van der Waals surface area contributed by atoms with E-state index >= 15 is 0 Å². The standard InChI is InChI=1S/C11H15NO6S2/c1-8-7-9(3-4-10(8)11(13)14)12-20(17,18)6-5-19(2,15)16/h3-4,7,12H,5-6H2,1-2H3,(H,13,14). The maximum absolute atomic E-state index is 11.7. The van der Waals surface area contributed by atoms with Gasteiger partial charge in [-0.05, 0) is 30.7 Å². The number of sulfonamides is 1. The zero-order valence-corrected chi connectivity index (χ0v) is 12.6. The van der Waals surface area contributed by atoms with Crippen molar-refractivity contribution in [1.82, 2.24) is 0 Å². The highest BCUT2D eigenvalue weighted by Gasteiger charge is 2.15. The molecule has 2 N–H and O–H groups in total. The summed E-state index contributed by atoms with van der Waals surface area (Å²) in [4.78, 5) is 10.8. The van der Waals surface area contributed by atoms with Crippen LogP contribution < -0.4 is 4.72 Å². The Bertz CT molecular complexity index is 721. The average Bonchev–Trinajstić information content (AvgIpc) is 2.24. The van der Waals surface area contributed by atoms with Crippen molar-refractivity contribution in [1.29, 1.82) is 0 Å². The third-order valence-electron chi connectivity index (χ3n) is 2.45. The van der Waals surface area contributed by atoms with E-state index in [2.05, 4.69) is 4.72 Å². The van der Waals surface area contributed by atoms with Crippen molar-refractivity contribution in [3.05, 3.63) is 29.3 Å². The van der Waals surface area contributed by atoms with E-state index in [-0.39, 0.29) is 11.3 Å². The van der Waals surface area contributed by atoms with Gasteiger partial charge in [0.05, 0.1) is 17.1 Å². The Morgan fingerprint density at radius 2 is 1.80 bits per heavy atom. The molecule has 1 aromatic rings. The maximum Gasteiger partial charge on any atom is 0.335 e. The van der Waals surface area contributed by atoms with Crippen LogP contribution in [0.15, 0.2) is 18.2 Å². The topological polar surface area (TPSA) is 118 Å². The molecule has 0 spiro atoms. The summed E-state index contributed by atoms with van der Waals surface area (Å²) in [6, 6.07) is 3.97. The first kappa shape index (κ1) is 16.4. The average molecular weight is 321 g/mol. The Balaban J connectivity index is 2.88. The van der Waals surface area contributed by atoms with E-state index in [9.17, 15) is 21.6 Å². The van der Waals surface area contributed by atoms with Crippen molar-refractivity contribution in [2.45, 2.75) is 6.92 Å². The minimum absolute atomic E-state index is 0.0732. The highest BCUT2D eigenvalue weighted by atomic mass is 32.2. The van der Waals surface area contributed by atoms with Crippen LogP contribution in [0.25, 0.3) is 0 Å². The van der Waals surface area contributed by atoms with E-state index < -0.39 is 37.3 Å². The number of carbonyl (C=O) groups is 1. The van der Waals surface area contributed by atoms with Crippen molar-refractivity contribution in [2.24, 2.45) is 0 Å². The molecule has 112 valence electrons. The lowest BCUT2D eigenvalue weighted by molar-refractivity contribution is 0.0696. The van der Waals surface area contributed by atoms with Gasteiger partial charge in [0.15, 0.2) is 0 Å². The molecule has 1 aromatic carbocycles.